The van der Waals surface area contributed by atoms with Crippen LogP contribution in [0, 0.1) is 0 Å². The van der Waals surface area contributed by atoms with E-state index in [9.17, 15) is 4.79 Å². The summed E-state index contributed by atoms with van der Waals surface area (Å²) in [5, 5.41) is 7.15. The van der Waals surface area contributed by atoms with Crippen molar-refractivity contribution in [3.05, 3.63) is 71.4 Å². The number of nitrogens with zero attached hydrogens (tertiary/aromatic N) is 2. The molecular formula is C22H27N3O3. The first-order valence-electron chi connectivity index (χ1n) is 9.71. The smallest absolute Gasteiger partial charge is 0.287 e. The maximum Gasteiger partial charge on any atom is 0.287 e. The molecule has 1 aromatic carbocycles. The molecule has 1 unspecified atom stereocenters. The van der Waals surface area contributed by atoms with Crippen LogP contribution in [0.2, 0.25) is 0 Å². The van der Waals surface area contributed by atoms with E-state index in [0.29, 0.717) is 18.2 Å². The van der Waals surface area contributed by atoms with E-state index in [2.05, 4.69) is 36.4 Å². The molecule has 2 aromatic heterocycles. The van der Waals surface area contributed by atoms with Gasteiger partial charge in [-0.05, 0) is 55.2 Å². The molecule has 0 aliphatic rings. The van der Waals surface area contributed by atoms with Gasteiger partial charge >= 0.3 is 0 Å². The van der Waals surface area contributed by atoms with Gasteiger partial charge < -0.3 is 14.5 Å². The molecule has 3 aromatic rings. The van der Waals surface area contributed by atoms with Crippen LogP contribution in [0.5, 0.6) is 5.75 Å². The standard InChI is InChI=1S/C22H27N3O3/c1-4-16(3)17-6-8-19(9-7-17)27-15-20-10-11-21(28-20)22(26)23-14-18-12-13-25(5-2)24-18/h6-13,16H,4-5,14-15H2,1-3H3,(H,23,26). The normalized spacial score (nSPS) is 12.0. The summed E-state index contributed by atoms with van der Waals surface area (Å²) in [6, 6.07) is 13.4. The molecule has 0 aliphatic heterocycles. The molecule has 0 aliphatic carbocycles. The molecule has 28 heavy (non-hydrogen) atoms. The third kappa shape index (κ3) is 5.03. The highest BCUT2D eigenvalue weighted by Crippen LogP contribution is 2.22. The van der Waals surface area contributed by atoms with E-state index in [1.165, 1.54) is 5.56 Å². The average Bonchev–Trinajstić information content (AvgIpc) is 3.39. The molecule has 0 saturated heterocycles. The number of hydrogen-bond donors (Lipinski definition) is 1. The Kier molecular flexibility index (Phi) is 6.53. The molecular weight excluding hydrogens is 354 g/mol. The lowest BCUT2D eigenvalue weighted by Crippen LogP contribution is -2.22. The van der Waals surface area contributed by atoms with Crippen LogP contribution in [0.1, 0.15) is 60.7 Å². The van der Waals surface area contributed by atoms with E-state index in [-0.39, 0.29) is 18.3 Å². The number of ether oxygens (including phenoxy) is 1. The summed E-state index contributed by atoms with van der Waals surface area (Å²) in [5.74, 6) is 1.92. The van der Waals surface area contributed by atoms with Gasteiger partial charge in [0, 0.05) is 12.7 Å². The number of aromatic nitrogens is 2. The summed E-state index contributed by atoms with van der Waals surface area (Å²) >= 11 is 0. The molecule has 0 bridgehead atoms. The number of aryl methyl sites for hydroxylation is 1. The zero-order valence-electron chi connectivity index (χ0n) is 16.6. The van der Waals surface area contributed by atoms with Crippen molar-refractivity contribution in [2.75, 3.05) is 0 Å². The van der Waals surface area contributed by atoms with Crippen molar-refractivity contribution < 1.29 is 13.9 Å². The summed E-state index contributed by atoms with van der Waals surface area (Å²) in [6.07, 6.45) is 3.00. The SMILES string of the molecule is CCC(C)c1ccc(OCc2ccc(C(=O)NCc3ccn(CC)n3)o2)cc1. The second-order valence-corrected chi connectivity index (χ2v) is 6.78. The third-order valence-electron chi connectivity index (χ3n) is 4.78. The Morgan fingerprint density at radius 2 is 1.96 bits per heavy atom. The quantitative estimate of drug-likeness (QED) is 0.592. The van der Waals surface area contributed by atoms with Crippen LogP contribution in [0.15, 0.2) is 53.1 Å². The molecule has 0 radical (unpaired) electrons. The summed E-state index contributed by atoms with van der Waals surface area (Å²) < 4.78 is 13.2. The highest BCUT2D eigenvalue weighted by atomic mass is 16.5. The molecule has 0 fully saturated rings. The summed E-state index contributed by atoms with van der Waals surface area (Å²) in [6.45, 7) is 7.84. The molecule has 1 amide bonds. The zero-order chi connectivity index (χ0) is 19.9. The van der Waals surface area contributed by atoms with Crippen molar-refractivity contribution in [3.63, 3.8) is 0 Å². The summed E-state index contributed by atoms with van der Waals surface area (Å²) in [7, 11) is 0. The van der Waals surface area contributed by atoms with Crippen molar-refractivity contribution in [2.45, 2.75) is 52.8 Å². The minimum Gasteiger partial charge on any atom is -0.486 e. The van der Waals surface area contributed by atoms with Gasteiger partial charge in [0.05, 0.1) is 12.2 Å². The van der Waals surface area contributed by atoms with E-state index in [1.807, 2.05) is 36.0 Å². The number of amides is 1. The van der Waals surface area contributed by atoms with Gasteiger partial charge in [-0.2, -0.15) is 5.10 Å². The monoisotopic (exact) mass is 381 g/mol. The lowest BCUT2D eigenvalue weighted by atomic mass is 9.99. The first-order chi connectivity index (χ1) is 13.6. The average molecular weight is 381 g/mol. The number of nitrogens with one attached hydrogen (secondary N) is 1. The second-order valence-electron chi connectivity index (χ2n) is 6.78. The molecule has 0 saturated carbocycles. The third-order valence-corrected chi connectivity index (χ3v) is 4.78. The lowest BCUT2D eigenvalue weighted by molar-refractivity contribution is 0.0918. The maximum atomic E-state index is 12.2. The van der Waals surface area contributed by atoms with Crippen LogP contribution in [0.25, 0.3) is 0 Å². The highest BCUT2D eigenvalue weighted by molar-refractivity contribution is 5.91. The topological polar surface area (TPSA) is 69.3 Å². The molecule has 2 heterocycles. The van der Waals surface area contributed by atoms with Crippen molar-refractivity contribution in [2.24, 2.45) is 0 Å². The van der Waals surface area contributed by atoms with Crippen molar-refractivity contribution >= 4 is 5.91 Å². The molecule has 1 atom stereocenters. The number of benzene rings is 1. The van der Waals surface area contributed by atoms with Gasteiger partial charge in [-0.3, -0.25) is 9.48 Å². The second kappa shape index (κ2) is 9.26. The van der Waals surface area contributed by atoms with Crippen molar-refractivity contribution in [1.29, 1.82) is 0 Å². The van der Waals surface area contributed by atoms with Gasteiger partial charge in [0.1, 0.15) is 18.1 Å². The summed E-state index contributed by atoms with van der Waals surface area (Å²) in [4.78, 5) is 12.2. The van der Waals surface area contributed by atoms with Crippen molar-refractivity contribution in [3.8, 4) is 5.75 Å². The minimum atomic E-state index is -0.268. The first kappa shape index (κ1) is 19.7. The van der Waals surface area contributed by atoms with Crippen molar-refractivity contribution in [1.82, 2.24) is 15.1 Å². The van der Waals surface area contributed by atoms with E-state index in [0.717, 1.165) is 24.4 Å². The fraction of sp³-hybridized carbons (Fsp3) is 0.364. The van der Waals surface area contributed by atoms with Crippen LogP contribution in [0.4, 0.5) is 0 Å². The van der Waals surface area contributed by atoms with Crippen LogP contribution in [0.3, 0.4) is 0 Å². The van der Waals surface area contributed by atoms with E-state index >= 15 is 0 Å². The van der Waals surface area contributed by atoms with Gasteiger partial charge in [-0.25, -0.2) is 0 Å². The predicted octanol–water partition coefficient (Wildman–Crippen LogP) is 4.52. The number of rotatable bonds is 9. The number of carbonyl (C=O) groups is 1. The molecule has 1 N–H and O–H groups in total. The molecule has 148 valence electrons. The van der Waals surface area contributed by atoms with Gasteiger partial charge in [-0.1, -0.05) is 26.0 Å². The zero-order valence-corrected chi connectivity index (χ0v) is 16.6. The summed E-state index contributed by atoms with van der Waals surface area (Å²) in [5.41, 5.74) is 2.11. The van der Waals surface area contributed by atoms with E-state index < -0.39 is 0 Å². The largest absolute Gasteiger partial charge is 0.486 e. The van der Waals surface area contributed by atoms with Crippen LogP contribution < -0.4 is 10.1 Å². The fourth-order valence-electron chi connectivity index (χ4n) is 2.79. The van der Waals surface area contributed by atoms with Gasteiger partial charge in [0.2, 0.25) is 0 Å². The van der Waals surface area contributed by atoms with E-state index in [4.69, 9.17) is 9.15 Å². The lowest BCUT2D eigenvalue weighted by Gasteiger charge is -2.10. The molecule has 0 spiro atoms. The molecule has 3 rings (SSSR count). The van der Waals surface area contributed by atoms with Crippen LogP contribution in [-0.2, 0) is 19.7 Å². The first-order valence-corrected chi connectivity index (χ1v) is 9.71. The predicted molar refractivity (Wildman–Crippen MR) is 107 cm³/mol. The van der Waals surface area contributed by atoms with Crippen LogP contribution in [-0.4, -0.2) is 15.7 Å². The highest BCUT2D eigenvalue weighted by Gasteiger charge is 2.12. The van der Waals surface area contributed by atoms with Gasteiger partial charge in [0.15, 0.2) is 5.76 Å². The van der Waals surface area contributed by atoms with Gasteiger partial charge in [-0.15, -0.1) is 0 Å². The van der Waals surface area contributed by atoms with Crippen LogP contribution >= 0.6 is 0 Å². The fourth-order valence-corrected chi connectivity index (χ4v) is 2.79. The van der Waals surface area contributed by atoms with Gasteiger partial charge in [0.25, 0.3) is 5.91 Å². The Morgan fingerprint density at radius 1 is 1.18 bits per heavy atom. The Labute approximate surface area is 165 Å². The Bertz CT molecular complexity index is 896. The molecule has 6 nitrogen and oxygen atoms in total. The Balaban J connectivity index is 1.49. The number of furan rings is 1. The minimum absolute atomic E-state index is 0.264. The number of carbonyl (C=O) groups excluding carboxylic acids is 1. The number of hydrogen-bond acceptors (Lipinski definition) is 4. The molecule has 6 heteroatoms. The van der Waals surface area contributed by atoms with E-state index in [1.54, 1.807) is 12.1 Å². The maximum absolute atomic E-state index is 12.2. The Hall–Kier alpha value is -3.02. The Morgan fingerprint density at radius 3 is 2.64 bits per heavy atom.